The standard InChI is InChI=1S/C17H22N2/c1-5-18-17(16-11-7-9-13(3)19-16)15-10-6-8-12(2)14(15)4/h6-11,17-18H,5H2,1-4H3. The van der Waals surface area contributed by atoms with Crippen LogP contribution in [0.3, 0.4) is 0 Å². The fourth-order valence-electron chi connectivity index (χ4n) is 2.39. The molecule has 2 nitrogen and oxygen atoms in total. The monoisotopic (exact) mass is 254 g/mol. The molecular formula is C17H22N2. The lowest BCUT2D eigenvalue weighted by atomic mass is 9.95. The van der Waals surface area contributed by atoms with E-state index in [0.717, 1.165) is 17.9 Å². The summed E-state index contributed by atoms with van der Waals surface area (Å²) in [6, 6.07) is 12.9. The summed E-state index contributed by atoms with van der Waals surface area (Å²) in [4.78, 5) is 4.68. The van der Waals surface area contributed by atoms with Crippen molar-refractivity contribution in [2.45, 2.75) is 33.7 Å². The van der Waals surface area contributed by atoms with Crippen molar-refractivity contribution in [3.63, 3.8) is 0 Å². The molecule has 0 saturated heterocycles. The fraction of sp³-hybridized carbons (Fsp3) is 0.353. The average Bonchev–Trinajstić information content (AvgIpc) is 2.40. The summed E-state index contributed by atoms with van der Waals surface area (Å²) in [5.74, 6) is 0. The molecular weight excluding hydrogens is 232 g/mol. The van der Waals surface area contributed by atoms with E-state index in [1.54, 1.807) is 0 Å². The molecule has 1 aromatic heterocycles. The van der Waals surface area contributed by atoms with Crippen molar-refractivity contribution < 1.29 is 0 Å². The molecule has 0 spiro atoms. The van der Waals surface area contributed by atoms with E-state index in [-0.39, 0.29) is 6.04 Å². The minimum atomic E-state index is 0.171. The third-order valence-corrected chi connectivity index (χ3v) is 3.57. The summed E-state index contributed by atoms with van der Waals surface area (Å²) in [5.41, 5.74) is 6.14. The van der Waals surface area contributed by atoms with Gasteiger partial charge in [-0.1, -0.05) is 31.2 Å². The predicted octanol–water partition coefficient (Wildman–Crippen LogP) is 3.71. The molecule has 0 radical (unpaired) electrons. The summed E-state index contributed by atoms with van der Waals surface area (Å²) in [6.45, 7) is 9.44. The number of hydrogen-bond donors (Lipinski definition) is 1. The first-order valence-electron chi connectivity index (χ1n) is 6.86. The van der Waals surface area contributed by atoms with Gasteiger partial charge >= 0.3 is 0 Å². The Balaban J connectivity index is 2.48. The predicted molar refractivity (Wildman–Crippen MR) is 80.4 cm³/mol. The number of benzene rings is 1. The van der Waals surface area contributed by atoms with Crippen LogP contribution < -0.4 is 5.32 Å². The molecule has 0 bridgehead atoms. The first kappa shape index (κ1) is 13.8. The molecule has 0 aliphatic heterocycles. The number of aromatic nitrogens is 1. The van der Waals surface area contributed by atoms with Gasteiger partial charge in [-0.05, 0) is 56.1 Å². The van der Waals surface area contributed by atoms with Gasteiger partial charge in [0.2, 0.25) is 0 Å². The average molecular weight is 254 g/mol. The molecule has 19 heavy (non-hydrogen) atoms. The molecule has 1 aromatic carbocycles. The third-order valence-electron chi connectivity index (χ3n) is 3.57. The van der Waals surface area contributed by atoms with Gasteiger partial charge in [0.25, 0.3) is 0 Å². The summed E-state index contributed by atoms with van der Waals surface area (Å²) >= 11 is 0. The quantitative estimate of drug-likeness (QED) is 0.899. The topological polar surface area (TPSA) is 24.9 Å². The van der Waals surface area contributed by atoms with E-state index in [9.17, 15) is 0 Å². The number of hydrogen-bond acceptors (Lipinski definition) is 2. The van der Waals surface area contributed by atoms with Crippen LogP contribution in [0, 0.1) is 20.8 Å². The molecule has 2 heteroatoms. The molecule has 2 aromatic rings. The highest BCUT2D eigenvalue weighted by Gasteiger charge is 2.17. The van der Waals surface area contributed by atoms with Gasteiger partial charge in [0.05, 0.1) is 11.7 Å². The minimum Gasteiger partial charge on any atom is -0.305 e. The fourth-order valence-corrected chi connectivity index (χ4v) is 2.39. The van der Waals surface area contributed by atoms with E-state index in [1.807, 2.05) is 13.0 Å². The Bertz CT molecular complexity index is 561. The lowest BCUT2D eigenvalue weighted by molar-refractivity contribution is 0.611. The molecule has 100 valence electrons. The van der Waals surface area contributed by atoms with Crippen molar-refractivity contribution in [2.24, 2.45) is 0 Å². The molecule has 1 heterocycles. The number of aryl methyl sites for hydroxylation is 2. The largest absolute Gasteiger partial charge is 0.305 e. The highest BCUT2D eigenvalue weighted by atomic mass is 14.9. The highest BCUT2D eigenvalue weighted by molar-refractivity contribution is 5.39. The second-order valence-corrected chi connectivity index (χ2v) is 4.98. The maximum absolute atomic E-state index is 4.68. The second-order valence-electron chi connectivity index (χ2n) is 4.98. The molecule has 0 aliphatic carbocycles. The Kier molecular flexibility index (Phi) is 4.33. The van der Waals surface area contributed by atoms with Crippen LogP contribution in [-0.2, 0) is 0 Å². The Labute approximate surface area is 115 Å². The normalized spacial score (nSPS) is 12.4. The first-order chi connectivity index (χ1) is 9.13. The molecule has 0 amide bonds. The lowest BCUT2D eigenvalue weighted by Crippen LogP contribution is -2.24. The Morgan fingerprint density at radius 1 is 1.05 bits per heavy atom. The summed E-state index contributed by atoms with van der Waals surface area (Å²) in [5, 5.41) is 3.55. The van der Waals surface area contributed by atoms with Crippen molar-refractivity contribution in [1.29, 1.82) is 0 Å². The Hall–Kier alpha value is -1.67. The number of pyridine rings is 1. The number of rotatable bonds is 4. The molecule has 2 rings (SSSR count). The van der Waals surface area contributed by atoms with E-state index in [2.05, 4.69) is 61.4 Å². The van der Waals surface area contributed by atoms with Gasteiger partial charge in [-0.3, -0.25) is 4.98 Å². The molecule has 1 atom stereocenters. The summed E-state index contributed by atoms with van der Waals surface area (Å²) in [6.07, 6.45) is 0. The van der Waals surface area contributed by atoms with Crippen LogP contribution >= 0.6 is 0 Å². The van der Waals surface area contributed by atoms with Crippen LogP contribution in [0.1, 0.15) is 41.0 Å². The van der Waals surface area contributed by atoms with Crippen LogP contribution in [-0.4, -0.2) is 11.5 Å². The van der Waals surface area contributed by atoms with Crippen LogP contribution in [0.25, 0.3) is 0 Å². The van der Waals surface area contributed by atoms with Gasteiger partial charge in [0.15, 0.2) is 0 Å². The Morgan fingerprint density at radius 2 is 1.79 bits per heavy atom. The van der Waals surface area contributed by atoms with Crippen molar-refractivity contribution in [3.05, 3.63) is 64.5 Å². The van der Waals surface area contributed by atoms with E-state index in [1.165, 1.54) is 16.7 Å². The second kappa shape index (κ2) is 5.98. The van der Waals surface area contributed by atoms with Gasteiger partial charge in [-0.25, -0.2) is 0 Å². The van der Waals surface area contributed by atoms with Crippen molar-refractivity contribution >= 4 is 0 Å². The van der Waals surface area contributed by atoms with Crippen LogP contribution in [0.4, 0.5) is 0 Å². The van der Waals surface area contributed by atoms with Gasteiger partial charge < -0.3 is 5.32 Å². The lowest BCUT2D eigenvalue weighted by Gasteiger charge is -2.21. The Morgan fingerprint density at radius 3 is 2.47 bits per heavy atom. The molecule has 0 saturated carbocycles. The van der Waals surface area contributed by atoms with Crippen molar-refractivity contribution in [3.8, 4) is 0 Å². The zero-order chi connectivity index (χ0) is 13.8. The molecule has 1 N–H and O–H groups in total. The van der Waals surface area contributed by atoms with Gasteiger partial charge in [0.1, 0.15) is 0 Å². The number of nitrogens with zero attached hydrogens (tertiary/aromatic N) is 1. The van der Waals surface area contributed by atoms with Gasteiger partial charge in [-0.2, -0.15) is 0 Å². The van der Waals surface area contributed by atoms with Crippen LogP contribution in [0.2, 0.25) is 0 Å². The molecule has 1 unspecified atom stereocenters. The number of nitrogens with one attached hydrogen (secondary N) is 1. The third kappa shape index (κ3) is 3.02. The van der Waals surface area contributed by atoms with Gasteiger partial charge in [0, 0.05) is 5.69 Å². The maximum atomic E-state index is 4.68. The van der Waals surface area contributed by atoms with E-state index in [4.69, 9.17) is 0 Å². The molecule has 0 aliphatic rings. The van der Waals surface area contributed by atoms with Gasteiger partial charge in [-0.15, -0.1) is 0 Å². The minimum absolute atomic E-state index is 0.171. The smallest absolute Gasteiger partial charge is 0.0754 e. The van der Waals surface area contributed by atoms with E-state index >= 15 is 0 Å². The highest BCUT2D eigenvalue weighted by Crippen LogP contribution is 2.25. The van der Waals surface area contributed by atoms with E-state index in [0.29, 0.717) is 0 Å². The van der Waals surface area contributed by atoms with Crippen LogP contribution in [0.5, 0.6) is 0 Å². The van der Waals surface area contributed by atoms with Crippen molar-refractivity contribution in [1.82, 2.24) is 10.3 Å². The summed E-state index contributed by atoms with van der Waals surface area (Å²) in [7, 11) is 0. The zero-order valence-corrected chi connectivity index (χ0v) is 12.2. The first-order valence-corrected chi connectivity index (χ1v) is 6.86. The zero-order valence-electron chi connectivity index (χ0n) is 12.2. The summed E-state index contributed by atoms with van der Waals surface area (Å²) < 4.78 is 0. The van der Waals surface area contributed by atoms with Crippen LogP contribution in [0.15, 0.2) is 36.4 Å². The molecule has 0 fully saturated rings. The van der Waals surface area contributed by atoms with Crippen molar-refractivity contribution in [2.75, 3.05) is 6.54 Å². The maximum Gasteiger partial charge on any atom is 0.0754 e. The SMILES string of the molecule is CCNC(c1cccc(C)n1)c1cccc(C)c1C. The van der Waals surface area contributed by atoms with E-state index < -0.39 is 0 Å².